The van der Waals surface area contributed by atoms with Crippen molar-refractivity contribution in [3.05, 3.63) is 88.4 Å². The Kier molecular flexibility index (Phi) is 10.8. The van der Waals surface area contributed by atoms with Gasteiger partial charge in [-0.3, -0.25) is 13.9 Å². The van der Waals surface area contributed by atoms with E-state index < -0.39 is 28.5 Å². The standard InChI is InChI=1S/C29H33Cl2N3O5S/c1-20(2)17-32-29(36)21(3)33(18-22-10-8-9-13-25(22)30)28(35)19-34(23-14-15-27(39-4)26(31)16-23)40(37,38)24-11-6-5-7-12-24/h5-16,20-21H,17-19H2,1-4H3,(H,32,36). The van der Waals surface area contributed by atoms with E-state index in [0.29, 0.717) is 22.9 Å². The van der Waals surface area contributed by atoms with Gasteiger partial charge >= 0.3 is 0 Å². The summed E-state index contributed by atoms with van der Waals surface area (Å²) in [6, 6.07) is 18.3. The Morgan fingerprint density at radius 2 is 1.57 bits per heavy atom. The van der Waals surface area contributed by atoms with Crippen LogP contribution in [-0.2, 0) is 26.2 Å². The minimum absolute atomic E-state index is 0.00261. The maximum atomic E-state index is 14.0. The molecule has 3 rings (SSSR count). The zero-order valence-corrected chi connectivity index (χ0v) is 25.1. The number of carbonyl (C=O) groups excluding carboxylic acids is 2. The molecule has 1 unspecified atom stereocenters. The monoisotopic (exact) mass is 605 g/mol. The zero-order chi connectivity index (χ0) is 29.4. The van der Waals surface area contributed by atoms with Crippen molar-refractivity contribution < 1.29 is 22.7 Å². The van der Waals surface area contributed by atoms with E-state index in [4.69, 9.17) is 27.9 Å². The third kappa shape index (κ3) is 7.68. The number of amides is 2. The van der Waals surface area contributed by atoms with Crippen molar-refractivity contribution in [2.45, 2.75) is 38.3 Å². The smallest absolute Gasteiger partial charge is 0.264 e. The Hall–Kier alpha value is -3.27. The normalized spacial score (nSPS) is 12.1. The van der Waals surface area contributed by atoms with E-state index in [0.717, 1.165) is 4.31 Å². The number of halogens is 2. The predicted molar refractivity (Wildman–Crippen MR) is 158 cm³/mol. The summed E-state index contributed by atoms with van der Waals surface area (Å²) in [5.74, 6) is -0.405. The number of ether oxygens (including phenoxy) is 1. The van der Waals surface area contributed by atoms with E-state index in [9.17, 15) is 18.0 Å². The molecule has 0 spiro atoms. The highest BCUT2D eigenvalue weighted by atomic mass is 35.5. The molecule has 0 saturated carbocycles. The maximum absolute atomic E-state index is 14.0. The summed E-state index contributed by atoms with van der Waals surface area (Å²) < 4.78 is 33.9. The molecule has 0 bridgehead atoms. The average molecular weight is 607 g/mol. The third-order valence-electron chi connectivity index (χ3n) is 6.18. The molecule has 0 aliphatic rings. The van der Waals surface area contributed by atoms with Crippen LogP contribution < -0.4 is 14.4 Å². The number of anilines is 1. The topological polar surface area (TPSA) is 96.0 Å². The van der Waals surface area contributed by atoms with Crippen LogP contribution in [0.15, 0.2) is 77.7 Å². The number of rotatable bonds is 12. The highest BCUT2D eigenvalue weighted by Gasteiger charge is 2.33. The molecule has 1 atom stereocenters. The highest BCUT2D eigenvalue weighted by Crippen LogP contribution is 2.32. The molecule has 0 aliphatic carbocycles. The van der Waals surface area contributed by atoms with Crippen LogP contribution in [0.5, 0.6) is 5.75 Å². The van der Waals surface area contributed by atoms with Crippen LogP contribution in [0.1, 0.15) is 26.3 Å². The van der Waals surface area contributed by atoms with E-state index in [1.54, 1.807) is 49.4 Å². The molecule has 3 aromatic rings. The SMILES string of the molecule is COc1ccc(N(CC(=O)N(Cc2ccccc2Cl)C(C)C(=O)NCC(C)C)S(=O)(=O)c2ccccc2)cc1Cl. The van der Waals surface area contributed by atoms with Crippen LogP contribution in [0.25, 0.3) is 0 Å². The van der Waals surface area contributed by atoms with Gasteiger partial charge < -0.3 is 15.0 Å². The van der Waals surface area contributed by atoms with Gasteiger partial charge in [-0.2, -0.15) is 0 Å². The first-order chi connectivity index (χ1) is 18.9. The summed E-state index contributed by atoms with van der Waals surface area (Å²) in [6.07, 6.45) is 0. The van der Waals surface area contributed by atoms with E-state index >= 15 is 0 Å². The molecule has 3 aromatic carbocycles. The summed E-state index contributed by atoms with van der Waals surface area (Å²) in [6.45, 7) is 5.36. The molecule has 0 saturated heterocycles. The first-order valence-electron chi connectivity index (χ1n) is 12.7. The van der Waals surface area contributed by atoms with Gasteiger partial charge in [0.2, 0.25) is 11.8 Å². The number of nitrogens with one attached hydrogen (secondary N) is 1. The Morgan fingerprint density at radius 1 is 0.925 bits per heavy atom. The van der Waals surface area contributed by atoms with Gasteiger partial charge in [0.15, 0.2) is 0 Å². The number of methoxy groups -OCH3 is 1. The van der Waals surface area contributed by atoms with Crippen molar-refractivity contribution in [2.75, 3.05) is 24.5 Å². The zero-order valence-electron chi connectivity index (χ0n) is 22.8. The molecule has 2 amide bonds. The second-order valence-corrected chi connectivity index (χ2v) is 12.2. The summed E-state index contributed by atoms with van der Waals surface area (Å²) in [7, 11) is -2.76. The fourth-order valence-electron chi connectivity index (χ4n) is 3.90. The first kappa shape index (κ1) is 31.3. The van der Waals surface area contributed by atoms with E-state index in [1.807, 2.05) is 13.8 Å². The molecule has 214 valence electrons. The van der Waals surface area contributed by atoms with Gasteiger partial charge in [-0.15, -0.1) is 0 Å². The van der Waals surface area contributed by atoms with Crippen molar-refractivity contribution in [1.82, 2.24) is 10.2 Å². The second-order valence-electron chi connectivity index (χ2n) is 9.57. The van der Waals surface area contributed by atoms with Gasteiger partial charge in [-0.25, -0.2) is 8.42 Å². The number of carbonyl (C=O) groups is 2. The van der Waals surface area contributed by atoms with Gasteiger partial charge in [-0.1, -0.05) is 73.4 Å². The van der Waals surface area contributed by atoms with Crippen molar-refractivity contribution in [2.24, 2.45) is 5.92 Å². The van der Waals surface area contributed by atoms with Crippen molar-refractivity contribution >= 4 is 50.7 Å². The van der Waals surface area contributed by atoms with Crippen LogP contribution in [0.2, 0.25) is 10.0 Å². The lowest BCUT2D eigenvalue weighted by molar-refractivity contribution is -0.139. The molecule has 40 heavy (non-hydrogen) atoms. The quantitative estimate of drug-likeness (QED) is 0.299. The first-order valence-corrected chi connectivity index (χ1v) is 14.9. The minimum Gasteiger partial charge on any atom is -0.495 e. The number of hydrogen-bond donors (Lipinski definition) is 1. The van der Waals surface area contributed by atoms with Crippen molar-refractivity contribution in [3.63, 3.8) is 0 Å². The molecule has 8 nitrogen and oxygen atoms in total. The third-order valence-corrected chi connectivity index (χ3v) is 8.64. The minimum atomic E-state index is -4.21. The van der Waals surface area contributed by atoms with Gasteiger partial charge in [0.1, 0.15) is 18.3 Å². The predicted octanol–water partition coefficient (Wildman–Crippen LogP) is 5.39. The largest absolute Gasteiger partial charge is 0.495 e. The molecule has 0 heterocycles. The summed E-state index contributed by atoms with van der Waals surface area (Å²) >= 11 is 12.7. The summed E-state index contributed by atoms with van der Waals surface area (Å²) in [4.78, 5) is 28.3. The van der Waals surface area contributed by atoms with Crippen LogP contribution >= 0.6 is 23.2 Å². The molecule has 0 radical (unpaired) electrons. The number of sulfonamides is 1. The molecular weight excluding hydrogens is 573 g/mol. The summed E-state index contributed by atoms with van der Waals surface area (Å²) in [5, 5.41) is 3.45. The highest BCUT2D eigenvalue weighted by molar-refractivity contribution is 7.92. The number of hydrogen-bond acceptors (Lipinski definition) is 5. The lowest BCUT2D eigenvalue weighted by atomic mass is 10.1. The fraction of sp³-hybridized carbons (Fsp3) is 0.310. The van der Waals surface area contributed by atoms with E-state index in [-0.39, 0.29) is 34.0 Å². The maximum Gasteiger partial charge on any atom is 0.264 e. The van der Waals surface area contributed by atoms with Crippen LogP contribution in [0, 0.1) is 5.92 Å². The molecule has 0 aliphatic heterocycles. The van der Waals surface area contributed by atoms with Crippen LogP contribution in [-0.4, -0.2) is 51.4 Å². The van der Waals surface area contributed by atoms with E-state index in [2.05, 4.69) is 5.32 Å². The Balaban J connectivity index is 2.05. The molecule has 1 N–H and O–H groups in total. The molecule has 0 fully saturated rings. The Morgan fingerprint density at radius 3 is 2.17 bits per heavy atom. The van der Waals surface area contributed by atoms with Crippen molar-refractivity contribution in [3.8, 4) is 5.75 Å². The fourth-order valence-corrected chi connectivity index (χ4v) is 5.78. The molecule has 0 aromatic heterocycles. The van der Waals surface area contributed by atoms with E-state index in [1.165, 1.54) is 42.3 Å². The lowest BCUT2D eigenvalue weighted by Crippen LogP contribution is -2.51. The van der Waals surface area contributed by atoms with Gasteiger partial charge in [0, 0.05) is 18.1 Å². The van der Waals surface area contributed by atoms with Crippen LogP contribution in [0.3, 0.4) is 0 Å². The number of benzene rings is 3. The lowest BCUT2D eigenvalue weighted by Gasteiger charge is -2.32. The van der Waals surface area contributed by atoms with Gasteiger partial charge in [0.05, 0.1) is 22.7 Å². The second kappa shape index (κ2) is 13.9. The van der Waals surface area contributed by atoms with Crippen molar-refractivity contribution in [1.29, 1.82) is 0 Å². The Bertz CT molecular complexity index is 1430. The molecule has 11 heteroatoms. The summed E-state index contributed by atoms with van der Waals surface area (Å²) in [5.41, 5.74) is 0.781. The number of nitrogens with zero attached hydrogens (tertiary/aromatic N) is 2. The average Bonchev–Trinajstić information content (AvgIpc) is 2.94. The van der Waals surface area contributed by atoms with Gasteiger partial charge in [0.25, 0.3) is 10.0 Å². The van der Waals surface area contributed by atoms with Gasteiger partial charge in [-0.05, 0) is 54.8 Å². The van der Waals surface area contributed by atoms with Crippen LogP contribution in [0.4, 0.5) is 5.69 Å². The Labute approximate surface area is 245 Å². The molecular formula is C29H33Cl2N3O5S.